The van der Waals surface area contributed by atoms with Crippen molar-refractivity contribution in [2.45, 2.75) is 13.0 Å². The lowest BCUT2D eigenvalue weighted by molar-refractivity contribution is 0.351. The summed E-state index contributed by atoms with van der Waals surface area (Å²) in [5.74, 6) is 0.323. The smallest absolute Gasteiger partial charge is 0.280 e. The van der Waals surface area contributed by atoms with Crippen molar-refractivity contribution in [1.29, 1.82) is 0 Å². The van der Waals surface area contributed by atoms with Crippen molar-refractivity contribution in [1.82, 2.24) is 35.0 Å². The molecule has 1 aromatic heterocycles. The van der Waals surface area contributed by atoms with Crippen LogP contribution in [0.3, 0.4) is 0 Å². The second-order valence-corrected chi connectivity index (χ2v) is 5.47. The molecule has 96 valence electrons. The van der Waals surface area contributed by atoms with Gasteiger partial charge in [0.05, 0.1) is 6.04 Å². The summed E-state index contributed by atoms with van der Waals surface area (Å²) in [6, 6.07) is -0.506. The third kappa shape index (κ3) is 2.97. The summed E-state index contributed by atoms with van der Waals surface area (Å²) in [6.45, 7) is 3.93. The average Bonchev–Trinajstić information content (AvgIpc) is 2.83. The largest absolute Gasteiger partial charge is 0.314 e. The van der Waals surface area contributed by atoms with Crippen LogP contribution in [0.1, 0.15) is 18.8 Å². The molecule has 1 aliphatic rings. The molecule has 9 nitrogen and oxygen atoms in total. The van der Waals surface area contributed by atoms with Crippen LogP contribution in [-0.2, 0) is 10.2 Å². The number of H-pyrrole nitrogens is 1. The van der Waals surface area contributed by atoms with Crippen molar-refractivity contribution in [2.24, 2.45) is 0 Å². The van der Waals surface area contributed by atoms with Gasteiger partial charge in [-0.2, -0.15) is 22.7 Å². The SMILES string of the molecule is CC(NS(=O)(=O)N1CCNCC1)c1nn[nH]n1. The predicted octanol–water partition coefficient (Wildman–Crippen LogP) is -2.00. The molecule has 0 bridgehead atoms. The lowest BCUT2D eigenvalue weighted by Crippen LogP contribution is -2.50. The summed E-state index contributed by atoms with van der Waals surface area (Å²) in [5, 5.41) is 16.3. The van der Waals surface area contributed by atoms with E-state index < -0.39 is 16.3 Å². The van der Waals surface area contributed by atoms with E-state index in [2.05, 4.69) is 30.7 Å². The van der Waals surface area contributed by atoms with Gasteiger partial charge in [0.15, 0.2) is 5.82 Å². The Labute approximate surface area is 99.1 Å². The Hall–Kier alpha value is -1.10. The number of rotatable bonds is 4. The quantitative estimate of drug-likeness (QED) is 0.577. The molecular weight excluding hydrogens is 246 g/mol. The number of aromatic amines is 1. The predicted molar refractivity (Wildman–Crippen MR) is 59.1 cm³/mol. The van der Waals surface area contributed by atoms with E-state index in [1.165, 1.54) is 4.31 Å². The molecule has 0 aromatic carbocycles. The normalized spacial score (nSPS) is 20.3. The highest BCUT2D eigenvalue weighted by Gasteiger charge is 2.26. The minimum Gasteiger partial charge on any atom is -0.314 e. The van der Waals surface area contributed by atoms with Gasteiger partial charge in [-0.1, -0.05) is 5.21 Å². The topological polar surface area (TPSA) is 116 Å². The number of aromatic nitrogens is 4. The maximum absolute atomic E-state index is 12.0. The van der Waals surface area contributed by atoms with Crippen LogP contribution in [0.2, 0.25) is 0 Å². The van der Waals surface area contributed by atoms with Gasteiger partial charge < -0.3 is 5.32 Å². The number of piperazine rings is 1. The Bertz CT molecular complexity index is 439. The van der Waals surface area contributed by atoms with E-state index in [1.54, 1.807) is 6.92 Å². The van der Waals surface area contributed by atoms with Gasteiger partial charge in [-0.25, -0.2) is 0 Å². The number of hydrogen-bond acceptors (Lipinski definition) is 6. The number of nitrogens with one attached hydrogen (secondary N) is 3. The van der Waals surface area contributed by atoms with Gasteiger partial charge in [0.2, 0.25) is 0 Å². The van der Waals surface area contributed by atoms with Crippen LogP contribution in [0.25, 0.3) is 0 Å². The summed E-state index contributed by atoms with van der Waals surface area (Å²) in [6.07, 6.45) is 0. The van der Waals surface area contributed by atoms with E-state index in [0.717, 1.165) is 0 Å². The van der Waals surface area contributed by atoms with Crippen molar-refractivity contribution in [3.63, 3.8) is 0 Å². The molecular formula is C7H15N7O2S. The summed E-state index contributed by atoms with van der Waals surface area (Å²) in [4.78, 5) is 0. The summed E-state index contributed by atoms with van der Waals surface area (Å²) < 4.78 is 27.9. The molecule has 0 saturated carbocycles. The molecule has 0 radical (unpaired) electrons. The first-order chi connectivity index (χ1) is 8.09. The number of tetrazole rings is 1. The van der Waals surface area contributed by atoms with Crippen molar-refractivity contribution in [3.8, 4) is 0 Å². The van der Waals surface area contributed by atoms with Crippen LogP contribution in [0.15, 0.2) is 0 Å². The zero-order chi connectivity index (χ0) is 12.3. The first-order valence-electron chi connectivity index (χ1n) is 5.31. The first kappa shape index (κ1) is 12.4. The van der Waals surface area contributed by atoms with Crippen LogP contribution in [-0.4, -0.2) is 59.5 Å². The fourth-order valence-corrected chi connectivity index (χ4v) is 2.95. The highest BCUT2D eigenvalue weighted by Crippen LogP contribution is 2.08. The van der Waals surface area contributed by atoms with E-state index in [-0.39, 0.29) is 0 Å². The molecule has 0 spiro atoms. The van der Waals surface area contributed by atoms with Crippen LogP contribution in [0, 0.1) is 0 Å². The molecule has 17 heavy (non-hydrogen) atoms. The second-order valence-electron chi connectivity index (χ2n) is 3.76. The minimum absolute atomic E-state index is 0.323. The van der Waals surface area contributed by atoms with Crippen LogP contribution in [0.4, 0.5) is 0 Å². The molecule has 1 fully saturated rings. The molecule has 1 aliphatic heterocycles. The highest BCUT2D eigenvalue weighted by molar-refractivity contribution is 7.87. The number of nitrogens with zero attached hydrogens (tertiary/aromatic N) is 4. The summed E-state index contributed by atoms with van der Waals surface area (Å²) >= 11 is 0. The molecule has 1 aromatic rings. The Balaban J connectivity index is 2.01. The van der Waals surface area contributed by atoms with Gasteiger partial charge >= 0.3 is 0 Å². The molecule has 1 atom stereocenters. The molecule has 10 heteroatoms. The molecule has 2 rings (SSSR count). The minimum atomic E-state index is -3.49. The van der Waals surface area contributed by atoms with E-state index in [9.17, 15) is 8.42 Å². The van der Waals surface area contributed by atoms with E-state index in [1.807, 2.05) is 0 Å². The zero-order valence-corrected chi connectivity index (χ0v) is 10.2. The van der Waals surface area contributed by atoms with Gasteiger partial charge in [0.25, 0.3) is 10.2 Å². The number of hydrogen-bond donors (Lipinski definition) is 3. The van der Waals surface area contributed by atoms with Crippen molar-refractivity contribution >= 4 is 10.2 Å². The molecule has 3 N–H and O–H groups in total. The summed E-state index contributed by atoms with van der Waals surface area (Å²) in [7, 11) is -3.49. The first-order valence-corrected chi connectivity index (χ1v) is 6.75. The second kappa shape index (κ2) is 5.04. The van der Waals surface area contributed by atoms with Crippen molar-refractivity contribution < 1.29 is 8.42 Å². The third-order valence-electron chi connectivity index (χ3n) is 2.49. The molecule has 2 heterocycles. The molecule has 0 aliphatic carbocycles. The Morgan fingerprint density at radius 2 is 2.12 bits per heavy atom. The van der Waals surface area contributed by atoms with E-state index in [4.69, 9.17) is 0 Å². The van der Waals surface area contributed by atoms with E-state index >= 15 is 0 Å². The fourth-order valence-electron chi connectivity index (χ4n) is 1.59. The average molecular weight is 261 g/mol. The summed E-state index contributed by atoms with van der Waals surface area (Å²) in [5.41, 5.74) is 0. The Morgan fingerprint density at radius 1 is 1.41 bits per heavy atom. The monoisotopic (exact) mass is 261 g/mol. The Morgan fingerprint density at radius 3 is 2.71 bits per heavy atom. The van der Waals surface area contributed by atoms with Crippen LogP contribution < -0.4 is 10.0 Å². The molecule has 0 amide bonds. The molecule has 1 unspecified atom stereocenters. The standard InChI is InChI=1S/C7H15N7O2S/c1-6(7-9-12-13-10-7)11-17(15,16)14-4-2-8-3-5-14/h6,8,11H,2-5H2,1H3,(H,9,10,12,13). The van der Waals surface area contributed by atoms with Gasteiger partial charge in [-0.15, -0.1) is 10.2 Å². The maximum atomic E-state index is 12.0. The van der Waals surface area contributed by atoms with Gasteiger partial charge in [0, 0.05) is 26.2 Å². The Kier molecular flexibility index (Phi) is 3.66. The lowest BCUT2D eigenvalue weighted by atomic mass is 10.4. The van der Waals surface area contributed by atoms with Crippen molar-refractivity contribution in [3.05, 3.63) is 5.82 Å². The van der Waals surface area contributed by atoms with Crippen LogP contribution in [0.5, 0.6) is 0 Å². The fraction of sp³-hybridized carbons (Fsp3) is 0.857. The van der Waals surface area contributed by atoms with Gasteiger partial charge in [-0.05, 0) is 6.92 Å². The van der Waals surface area contributed by atoms with Crippen LogP contribution >= 0.6 is 0 Å². The van der Waals surface area contributed by atoms with Crippen molar-refractivity contribution in [2.75, 3.05) is 26.2 Å². The third-order valence-corrected chi connectivity index (χ3v) is 4.19. The van der Waals surface area contributed by atoms with Gasteiger partial charge in [0.1, 0.15) is 0 Å². The van der Waals surface area contributed by atoms with Gasteiger partial charge in [-0.3, -0.25) is 0 Å². The molecule has 1 saturated heterocycles. The highest BCUT2D eigenvalue weighted by atomic mass is 32.2. The zero-order valence-electron chi connectivity index (χ0n) is 9.42. The maximum Gasteiger partial charge on any atom is 0.280 e. The van der Waals surface area contributed by atoms with E-state index in [0.29, 0.717) is 32.0 Å². The lowest BCUT2D eigenvalue weighted by Gasteiger charge is -2.27.